The molecule has 10 rings (SSSR count). The lowest BCUT2D eigenvalue weighted by molar-refractivity contribution is -0.384. The fourth-order valence-corrected chi connectivity index (χ4v) is 11.4. The molecular formula is C49H55ClN10O6S. The summed E-state index contributed by atoms with van der Waals surface area (Å²) >= 11 is 6.27. The first-order valence-electron chi connectivity index (χ1n) is 23.1. The fraction of sp³-hybridized carbons (Fsp3) is 0.408. The molecule has 0 radical (unpaired) electrons. The average Bonchev–Trinajstić information content (AvgIpc) is 4.09. The number of likely N-dealkylation sites (tertiary alicyclic amines) is 1. The van der Waals surface area contributed by atoms with Gasteiger partial charge in [0, 0.05) is 106 Å². The molecule has 0 bridgehead atoms. The number of amides is 1. The number of carbonyl (C=O) groups excluding carboxylic acids is 1. The Morgan fingerprint density at radius 1 is 0.985 bits per heavy atom. The van der Waals surface area contributed by atoms with Crippen LogP contribution in [0.3, 0.4) is 0 Å². The molecule has 1 unspecified atom stereocenters. The number of rotatable bonds is 12. The van der Waals surface area contributed by atoms with E-state index in [0.717, 1.165) is 120 Å². The summed E-state index contributed by atoms with van der Waals surface area (Å²) in [6.45, 7) is 11.7. The highest BCUT2D eigenvalue weighted by Gasteiger charge is 2.33. The molecule has 18 heteroatoms. The summed E-state index contributed by atoms with van der Waals surface area (Å²) in [5.41, 5.74) is 7.39. The smallest absolute Gasteiger partial charge is 0.293 e. The minimum absolute atomic E-state index is 0.0433. The van der Waals surface area contributed by atoms with E-state index < -0.39 is 25.7 Å². The number of sulfonamides is 1. The average molecular weight is 948 g/mol. The number of aromatic amines is 1. The van der Waals surface area contributed by atoms with Gasteiger partial charge in [0.1, 0.15) is 11.2 Å². The predicted octanol–water partition coefficient (Wildman–Crippen LogP) is 8.03. The van der Waals surface area contributed by atoms with Crippen molar-refractivity contribution >= 4 is 72.2 Å². The number of nitro benzene ring substituents is 1. The molecule has 3 N–H and O–H groups in total. The fourth-order valence-electron chi connectivity index (χ4n) is 10.3. The molecule has 3 aromatic carbocycles. The molecule has 16 nitrogen and oxygen atoms in total. The van der Waals surface area contributed by atoms with E-state index in [9.17, 15) is 23.3 Å². The summed E-state index contributed by atoms with van der Waals surface area (Å²) in [5.74, 6) is -0.893. The SMILES string of the molecule is CC1(C)CCC(CN2CCN(c3ccc(C(=O)NS(=O)(=O)c4ccc(NC5CCN(C6CCOCC6)C5)c([N+](=O)[O-])c4)c(-n4[nH]cc5nc6nccc6cc54)c3)CC2)=C(c2ccc(Cl)cc2)C1. The minimum Gasteiger partial charge on any atom is -0.381 e. The summed E-state index contributed by atoms with van der Waals surface area (Å²) in [4.78, 5) is 41.9. The van der Waals surface area contributed by atoms with Gasteiger partial charge in [0.2, 0.25) is 0 Å². The van der Waals surface area contributed by atoms with Gasteiger partial charge in [-0.2, -0.15) is 0 Å². The number of allylic oxidation sites excluding steroid dienone is 1. The van der Waals surface area contributed by atoms with Crippen molar-refractivity contribution in [2.75, 3.05) is 69.2 Å². The molecule has 67 heavy (non-hydrogen) atoms. The number of aromatic nitrogens is 4. The first-order chi connectivity index (χ1) is 32.3. The normalized spacial score (nSPS) is 19.9. The Bertz CT molecular complexity index is 2990. The van der Waals surface area contributed by atoms with Crippen molar-refractivity contribution in [3.63, 3.8) is 0 Å². The van der Waals surface area contributed by atoms with Gasteiger partial charge in [-0.3, -0.25) is 34.5 Å². The van der Waals surface area contributed by atoms with Gasteiger partial charge in [-0.25, -0.2) is 23.1 Å². The summed E-state index contributed by atoms with van der Waals surface area (Å²) in [6, 6.07) is 21.4. The lowest BCUT2D eigenvalue weighted by Gasteiger charge is -2.39. The summed E-state index contributed by atoms with van der Waals surface area (Å²) < 4.78 is 37.4. The number of H-pyrrole nitrogens is 1. The summed E-state index contributed by atoms with van der Waals surface area (Å²) in [5, 5.41) is 20.4. The van der Waals surface area contributed by atoms with Gasteiger partial charge in [0.05, 0.1) is 26.6 Å². The third kappa shape index (κ3) is 9.52. The molecule has 3 aromatic heterocycles. The maximum atomic E-state index is 14.3. The van der Waals surface area contributed by atoms with Crippen LogP contribution in [0, 0.1) is 15.5 Å². The summed E-state index contributed by atoms with van der Waals surface area (Å²) in [6.07, 6.45) is 9.30. The number of benzene rings is 3. The van der Waals surface area contributed by atoms with Crippen LogP contribution in [0.2, 0.25) is 5.02 Å². The Balaban J connectivity index is 0.894. The van der Waals surface area contributed by atoms with Crippen LogP contribution in [0.4, 0.5) is 17.1 Å². The number of pyridine rings is 1. The molecule has 3 saturated heterocycles. The van der Waals surface area contributed by atoms with Crippen LogP contribution in [0.15, 0.2) is 95.7 Å². The first-order valence-corrected chi connectivity index (χ1v) is 25.0. The van der Waals surface area contributed by atoms with Crippen LogP contribution in [0.5, 0.6) is 0 Å². The van der Waals surface area contributed by atoms with E-state index in [0.29, 0.717) is 28.4 Å². The first kappa shape index (κ1) is 45.0. The number of piperazine rings is 1. The Morgan fingerprint density at radius 3 is 2.55 bits per heavy atom. The number of fused-ring (bicyclic) bond motifs is 2. The van der Waals surface area contributed by atoms with Gasteiger partial charge in [-0.15, -0.1) is 0 Å². The van der Waals surface area contributed by atoms with E-state index in [1.54, 1.807) is 23.1 Å². The topological polar surface area (TPSA) is 184 Å². The highest BCUT2D eigenvalue weighted by atomic mass is 35.5. The van der Waals surface area contributed by atoms with Crippen molar-refractivity contribution in [2.24, 2.45) is 5.41 Å². The Morgan fingerprint density at radius 2 is 1.78 bits per heavy atom. The van der Waals surface area contributed by atoms with Crippen molar-refractivity contribution in [3.05, 3.63) is 117 Å². The van der Waals surface area contributed by atoms with Gasteiger partial charge in [-0.05, 0) is 110 Å². The van der Waals surface area contributed by atoms with Crippen molar-refractivity contribution in [2.45, 2.75) is 69.4 Å². The van der Waals surface area contributed by atoms with Crippen LogP contribution in [0.25, 0.3) is 33.3 Å². The Kier molecular flexibility index (Phi) is 12.3. The third-order valence-corrected chi connectivity index (χ3v) is 15.6. The molecule has 3 aliphatic heterocycles. The Labute approximate surface area is 394 Å². The number of nitro groups is 1. The molecule has 6 aromatic rings. The van der Waals surface area contributed by atoms with E-state index in [2.05, 4.69) is 60.8 Å². The number of ether oxygens (including phenoxy) is 1. The molecule has 6 heterocycles. The lowest BCUT2D eigenvalue weighted by atomic mass is 9.72. The zero-order valence-corrected chi connectivity index (χ0v) is 39.3. The molecule has 1 amide bonds. The van der Waals surface area contributed by atoms with E-state index in [4.69, 9.17) is 21.3 Å². The number of halogens is 1. The monoisotopic (exact) mass is 946 g/mol. The molecular weight excluding hydrogens is 892 g/mol. The molecule has 1 atom stereocenters. The van der Waals surface area contributed by atoms with Crippen LogP contribution < -0.4 is 14.9 Å². The minimum atomic E-state index is -4.58. The summed E-state index contributed by atoms with van der Waals surface area (Å²) in [7, 11) is -4.58. The van der Waals surface area contributed by atoms with Gasteiger partial charge in [-0.1, -0.05) is 43.2 Å². The van der Waals surface area contributed by atoms with Gasteiger partial charge in [0.15, 0.2) is 5.65 Å². The molecule has 0 saturated carbocycles. The second-order valence-electron chi connectivity index (χ2n) is 19.1. The van der Waals surface area contributed by atoms with E-state index in [-0.39, 0.29) is 28.4 Å². The Hall–Kier alpha value is -5.85. The highest BCUT2D eigenvalue weighted by molar-refractivity contribution is 7.90. The van der Waals surface area contributed by atoms with Crippen LogP contribution >= 0.6 is 11.6 Å². The number of nitrogens with one attached hydrogen (secondary N) is 3. The maximum Gasteiger partial charge on any atom is 0.293 e. The molecule has 350 valence electrons. The zero-order chi connectivity index (χ0) is 46.5. The van der Waals surface area contributed by atoms with Crippen LogP contribution in [0.1, 0.15) is 68.3 Å². The van der Waals surface area contributed by atoms with Gasteiger partial charge in [0.25, 0.3) is 21.6 Å². The molecule has 4 aliphatic rings. The quantitative estimate of drug-likeness (QED) is 0.0794. The van der Waals surface area contributed by atoms with Gasteiger partial charge < -0.3 is 15.0 Å². The van der Waals surface area contributed by atoms with Crippen LogP contribution in [-0.4, -0.2) is 120 Å². The van der Waals surface area contributed by atoms with Gasteiger partial charge >= 0.3 is 0 Å². The standard InChI is InChI=1S/C49H55ClN10O6S/c1-49(2)16-11-34(41(28-49)32-3-5-35(50)6-4-32)30-56-19-21-57(22-20-56)38-7-9-40(44(26-38)59-45-25-33-12-17-51-47(33)54-43(45)29-52-59)48(61)55-67(64,65)39-8-10-42(46(27-39)60(62)63)53-36-13-18-58(31-36)37-14-23-66-24-15-37/h3-10,12,17,25-27,29,36-37,52-53H,11,13-16,18-24,28,30-31H2,1-2H3,(H,55,61). The number of hydrogen-bond acceptors (Lipinski definition) is 12. The van der Waals surface area contributed by atoms with Crippen molar-refractivity contribution in [1.82, 2.24) is 34.3 Å². The van der Waals surface area contributed by atoms with E-state index >= 15 is 0 Å². The number of nitrogens with zero attached hydrogens (tertiary/aromatic N) is 7. The van der Waals surface area contributed by atoms with Crippen molar-refractivity contribution in [3.8, 4) is 5.69 Å². The number of carbonyl (C=O) groups is 1. The molecule has 3 fully saturated rings. The number of anilines is 2. The lowest BCUT2D eigenvalue weighted by Crippen LogP contribution is -2.47. The maximum absolute atomic E-state index is 14.3. The number of hydrogen-bond donors (Lipinski definition) is 3. The molecule has 1 aliphatic carbocycles. The van der Waals surface area contributed by atoms with Crippen molar-refractivity contribution in [1.29, 1.82) is 0 Å². The van der Waals surface area contributed by atoms with E-state index in [1.807, 2.05) is 36.4 Å². The second-order valence-corrected chi connectivity index (χ2v) is 21.2. The van der Waals surface area contributed by atoms with Crippen molar-refractivity contribution < 1.29 is 22.9 Å². The van der Waals surface area contributed by atoms with E-state index in [1.165, 1.54) is 28.8 Å². The predicted molar refractivity (Wildman–Crippen MR) is 261 cm³/mol. The second kappa shape index (κ2) is 18.3. The zero-order valence-electron chi connectivity index (χ0n) is 37.7. The third-order valence-electron chi connectivity index (χ3n) is 14.0. The molecule has 0 spiro atoms. The highest BCUT2D eigenvalue weighted by Crippen LogP contribution is 2.43. The van der Waals surface area contributed by atoms with Crippen LogP contribution in [-0.2, 0) is 14.8 Å². The largest absolute Gasteiger partial charge is 0.381 e.